The fourth-order valence-electron chi connectivity index (χ4n) is 3.13. The topological polar surface area (TPSA) is 52.1 Å². The number of nitrogens with one attached hydrogen (secondary N) is 1. The van der Waals surface area contributed by atoms with E-state index < -0.39 is 0 Å². The van der Waals surface area contributed by atoms with Crippen LogP contribution in [-0.4, -0.2) is 39.2 Å². The van der Waals surface area contributed by atoms with Gasteiger partial charge >= 0.3 is 0 Å². The van der Waals surface area contributed by atoms with Crippen LogP contribution in [0.15, 0.2) is 46.3 Å². The van der Waals surface area contributed by atoms with Gasteiger partial charge in [-0.2, -0.15) is 0 Å². The van der Waals surface area contributed by atoms with Gasteiger partial charge in [0.25, 0.3) is 0 Å². The van der Waals surface area contributed by atoms with Crippen molar-refractivity contribution in [3.63, 3.8) is 0 Å². The van der Waals surface area contributed by atoms with Crippen molar-refractivity contribution in [1.29, 1.82) is 0 Å². The summed E-state index contributed by atoms with van der Waals surface area (Å²) in [6, 6.07) is 12.2. The number of hydrogen-bond acceptors (Lipinski definition) is 6. The maximum absolute atomic E-state index is 5.88. The Labute approximate surface area is 157 Å². The van der Waals surface area contributed by atoms with Gasteiger partial charge in [0.05, 0.1) is 12.7 Å². The molecule has 4 rings (SSSR count). The lowest BCUT2D eigenvalue weighted by Crippen LogP contribution is -2.30. The normalized spacial score (nSPS) is 15.8. The van der Waals surface area contributed by atoms with E-state index in [1.165, 1.54) is 4.90 Å². The molecular formula is C20H22N2O3S. The molecule has 2 heterocycles. The molecule has 2 aromatic rings. The molecule has 0 amide bonds. The van der Waals surface area contributed by atoms with E-state index in [9.17, 15) is 0 Å². The van der Waals surface area contributed by atoms with Crippen LogP contribution in [0.4, 0.5) is 0 Å². The summed E-state index contributed by atoms with van der Waals surface area (Å²) in [6.45, 7) is 3.00. The number of amidine groups is 1. The van der Waals surface area contributed by atoms with Crippen molar-refractivity contribution in [3.8, 4) is 17.2 Å². The van der Waals surface area contributed by atoms with Gasteiger partial charge in [-0.05, 0) is 24.6 Å². The largest absolute Gasteiger partial charge is 0.496 e. The summed E-state index contributed by atoms with van der Waals surface area (Å²) < 4.78 is 17.2. The molecule has 0 bridgehead atoms. The van der Waals surface area contributed by atoms with Crippen LogP contribution in [-0.2, 0) is 5.75 Å². The SMILES string of the molecule is COc1ccc2c(c1CSc1ccccc1C1=NCCCN1)OCCO2. The van der Waals surface area contributed by atoms with Crippen LogP contribution < -0.4 is 19.5 Å². The third kappa shape index (κ3) is 3.46. The zero-order chi connectivity index (χ0) is 17.8. The van der Waals surface area contributed by atoms with Crippen LogP contribution in [0, 0.1) is 0 Å². The molecule has 0 unspecified atom stereocenters. The van der Waals surface area contributed by atoms with Crippen LogP contribution in [0.2, 0.25) is 0 Å². The van der Waals surface area contributed by atoms with Crippen molar-refractivity contribution in [2.75, 3.05) is 33.4 Å². The zero-order valence-corrected chi connectivity index (χ0v) is 15.6. The third-order valence-corrected chi connectivity index (χ3v) is 5.50. The Balaban J connectivity index is 1.61. The van der Waals surface area contributed by atoms with Crippen molar-refractivity contribution in [1.82, 2.24) is 5.32 Å². The molecule has 1 N–H and O–H groups in total. The number of fused-ring (bicyclic) bond motifs is 1. The van der Waals surface area contributed by atoms with Crippen LogP contribution >= 0.6 is 11.8 Å². The first-order valence-corrected chi connectivity index (χ1v) is 9.81. The first-order valence-electron chi connectivity index (χ1n) is 8.83. The summed E-state index contributed by atoms with van der Waals surface area (Å²) in [5.41, 5.74) is 2.18. The average Bonchev–Trinajstić information content (AvgIpc) is 2.72. The minimum atomic E-state index is 0.565. The van der Waals surface area contributed by atoms with Gasteiger partial charge in [-0.25, -0.2) is 0 Å². The second-order valence-electron chi connectivity index (χ2n) is 6.07. The Morgan fingerprint density at radius 3 is 2.88 bits per heavy atom. The van der Waals surface area contributed by atoms with Gasteiger partial charge in [-0.1, -0.05) is 18.2 Å². The highest BCUT2D eigenvalue weighted by Gasteiger charge is 2.21. The van der Waals surface area contributed by atoms with E-state index in [-0.39, 0.29) is 0 Å². The van der Waals surface area contributed by atoms with Crippen molar-refractivity contribution in [2.24, 2.45) is 4.99 Å². The van der Waals surface area contributed by atoms with Crippen LogP contribution in [0.3, 0.4) is 0 Å². The monoisotopic (exact) mass is 370 g/mol. The Morgan fingerprint density at radius 2 is 2.04 bits per heavy atom. The second-order valence-corrected chi connectivity index (χ2v) is 7.08. The number of aliphatic imine (C=N–C) groups is 1. The molecule has 0 radical (unpaired) electrons. The summed E-state index contributed by atoms with van der Waals surface area (Å²) in [5, 5.41) is 3.41. The number of rotatable bonds is 5. The zero-order valence-electron chi connectivity index (χ0n) is 14.8. The van der Waals surface area contributed by atoms with Gasteiger partial charge in [0.2, 0.25) is 0 Å². The highest BCUT2D eigenvalue weighted by Crippen LogP contribution is 2.42. The molecule has 2 aliphatic rings. The number of thioether (sulfide) groups is 1. The van der Waals surface area contributed by atoms with E-state index in [0.717, 1.165) is 59.5 Å². The molecule has 0 aliphatic carbocycles. The molecule has 136 valence electrons. The Kier molecular flexibility index (Phi) is 5.20. The highest BCUT2D eigenvalue weighted by atomic mass is 32.2. The van der Waals surface area contributed by atoms with Crippen molar-refractivity contribution in [2.45, 2.75) is 17.1 Å². The third-order valence-electron chi connectivity index (χ3n) is 4.40. The second kappa shape index (κ2) is 7.91. The smallest absolute Gasteiger partial charge is 0.169 e. The predicted molar refractivity (Wildman–Crippen MR) is 104 cm³/mol. The van der Waals surface area contributed by atoms with Crippen LogP contribution in [0.1, 0.15) is 17.5 Å². The minimum absolute atomic E-state index is 0.565. The first-order chi connectivity index (χ1) is 12.9. The molecule has 0 saturated carbocycles. The predicted octanol–water partition coefficient (Wildman–Crippen LogP) is 3.50. The lowest BCUT2D eigenvalue weighted by Gasteiger charge is -2.23. The van der Waals surface area contributed by atoms with Crippen molar-refractivity contribution in [3.05, 3.63) is 47.5 Å². The number of benzene rings is 2. The summed E-state index contributed by atoms with van der Waals surface area (Å²) in [5.74, 6) is 4.14. The van der Waals surface area contributed by atoms with Crippen molar-refractivity contribution < 1.29 is 14.2 Å². The van der Waals surface area contributed by atoms with Gasteiger partial charge in [0, 0.05) is 29.3 Å². The maximum Gasteiger partial charge on any atom is 0.169 e. The summed E-state index contributed by atoms with van der Waals surface area (Å²) >= 11 is 1.76. The molecule has 26 heavy (non-hydrogen) atoms. The van der Waals surface area contributed by atoms with Crippen molar-refractivity contribution >= 4 is 17.6 Å². The minimum Gasteiger partial charge on any atom is -0.496 e. The summed E-state index contributed by atoms with van der Waals surface area (Å²) in [4.78, 5) is 5.83. The van der Waals surface area contributed by atoms with E-state index in [1.807, 2.05) is 12.1 Å². The van der Waals surface area contributed by atoms with E-state index in [1.54, 1.807) is 18.9 Å². The molecule has 0 aromatic heterocycles. The molecule has 5 nitrogen and oxygen atoms in total. The molecule has 0 atom stereocenters. The fraction of sp³-hybridized carbons (Fsp3) is 0.350. The molecule has 6 heteroatoms. The summed E-state index contributed by atoms with van der Waals surface area (Å²) in [6.07, 6.45) is 1.09. The molecular weight excluding hydrogens is 348 g/mol. The quantitative estimate of drug-likeness (QED) is 0.817. The Bertz CT molecular complexity index is 823. The highest BCUT2D eigenvalue weighted by molar-refractivity contribution is 7.98. The number of nitrogens with zero attached hydrogens (tertiary/aromatic N) is 1. The molecule has 2 aromatic carbocycles. The Hall–Kier alpha value is -2.34. The van der Waals surface area contributed by atoms with Gasteiger partial charge in [-0.3, -0.25) is 4.99 Å². The van der Waals surface area contributed by atoms with E-state index >= 15 is 0 Å². The van der Waals surface area contributed by atoms with Gasteiger partial charge in [0.1, 0.15) is 24.8 Å². The first kappa shape index (κ1) is 17.1. The van der Waals surface area contributed by atoms with E-state index in [0.29, 0.717) is 13.2 Å². The number of methoxy groups -OCH3 is 1. The van der Waals surface area contributed by atoms with Gasteiger partial charge < -0.3 is 19.5 Å². The fourth-order valence-corrected chi connectivity index (χ4v) is 4.20. The number of ether oxygens (including phenoxy) is 3. The summed E-state index contributed by atoms with van der Waals surface area (Å²) in [7, 11) is 1.69. The lowest BCUT2D eigenvalue weighted by atomic mass is 10.1. The molecule has 0 saturated heterocycles. The van der Waals surface area contributed by atoms with Crippen LogP contribution in [0.5, 0.6) is 17.2 Å². The average molecular weight is 370 g/mol. The molecule has 2 aliphatic heterocycles. The lowest BCUT2D eigenvalue weighted by molar-refractivity contribution is 0.169. The van der Waals surface area contributed by atoms with Crippen LogP contribution in [0.25, 0.3) is 0 Å². The molecule has 0 spiro atoms. The van der Waals surface area contributed by atoms with Gasteiger partial charge in [-0.15, -0.1) is 11.8 Å². The van der Waals surface area contributed by atoms with E-state index in [4.69, 9.17) is 14.2 Å². The number of hydrogen-bond donors (Lipinski definition) is 1. The van der Waals surface area contributed by atoms with Gasteiger partial charge in [0.15, 0.2) is 11.5 Å². The van der Waals surface area contributed by atoms with E-state index in [2.05, 4.69) is 34.6 Å². The molecule has 0 fully saturated rings. The maximum atomic E-state index is 5.88. The standard InChI is InChI=1S/C20H22N2O3S/c1-23-16-7-8-17-19(25-12-11-24-17)15(16)13-26-18-6-3-2-5-14(18)20-21-9-4-10-22-20/h2-3,5-8H,4,9-13H2,1H3,(H,21,22). The Morgan fingerprint density at radius 1 is 1.15 bits per heavy atom.